The molecule has 0 bridgehead atoms. The molecule has 0 atom stereocenters. The molecule has 134 valence electrons. The van der Waals surface area contributed by atoms with Gasteiger partial charge in [-0.2, -0.15) is 4.37 Å². The van der Waals surface area contributed by atoms with Gasteiger partial charge >= 0.3 is 0 Å². The van der Waals surface area contributed by atoms with Crippen molar-refractivity contribution in [2.24, 2.45) is 0 Å². The van der Waals surface area contributed by atoms with E-state index in [1.807, 2.05) is 50.2 Å². The molecule has 0 fully saturated rings. The summed E-state index contributed by atoms with van der Waals surface area (Å²) in [4.78, 5) is 16.7. The highest BCUT2D eigenvalue weighted by atomic mass is 32.1. The lowest BCUT2D eigenvalue weighted by atomic mass is 10.1. The number of amides is 1. The number of anilines is 2. The second-order valence-corrected chi connectivity index (χ2v) is 7.18. The monoisotopic (exact) mass is 366 g/mol. The number of nitrogens with one attached hydrogen (secondary N) is 2. The second kappa shape index (κ2) is 8.10. The van der Waals surface area contributed by atoms with Crippen LogP contribution >= 0.6 is 11.5 Å². The van der Waals surface area contributed by atoms with Crippen molar-refractivity contribution in [1.29, 1.82) is 0 Å². The minimum absolute atomic E-state index is 0.171. The fourth-order valence-electron chi connectivity index (χ4n) is 2.43. The van der Waals surface area contributed by atoms with Crippen molar-refractivity contribution < 1.29 is 4.79 Å². The topological polar surface area (TPSA) is 66.9 Å². The third-order valence-corrected chi connectivity index (χ3v) is 4.67. The fourth-order valence-corrected chi connectivity index (χ4v) is 3.14. The Bertz CT molecular complexity index is 887. The molecule has 0 saturated heterocycles. The SMILES string of the molecule is Cc1ccccc1NCc1ccc(C(=O)Nc2nc(C(C)C)ns2)cc1. The smallest absolute Gasteiger partial charge is 0.257 e. The minimum atomic E-state index is -0.171. The number of rotatable bonds is 6. The first kappa shape index (κ1) is 18.1. The predicted molar refractivity (Wildman–Crippen MR) is 107 cm³/mol. The zero-order chi connectivity index (χ0) is 18.5. The van der Waals surface area contributed by atoms with E-state index in [0.717, 1.165) is 17.1 Å². The molecule has 2 aromatic carbocycles. The van der Waals surface area contributed by atoms with Gasteiger partial charge in [-0.15, -0.1) is 0 Å². The summed E-state index contributed by atoms with van der Waals surface area (Å²) in [6.45, 7) is 6.84. The Hall–Kier alpha value is -2.73. The highest BCUT2D eigenvalue weighted by Gasteiger charge is 2.11. The first-order chi connectivity index (χ1) is 12.5. The van der Waals surface area contributed by atoms with Gasteiger partial charge < -0.3 is 5.32 Å². The molecule has 0 saturated carbocycles. The number of nitrogens with zero attached hydrogens (tertiary/aromatic N) is 2. The number of hydrogen-bond acceptors (Lipinski definition) is 5. The lowest BCUT2D eigenvalue weighted by Crippen LogP contribution is -2.12. The Morgan fingerprint density at radius 3 is 2.50 bits per heavy atom. The number of carbonyl (C=O) groups excluding carboxylic acids is 1. The maximum atomic E-state index is 12.3. The molecule has 0 aliphatic carbocycles. The Labute approximate surface area is 157 Å². The van der Waals surface area contributed by atoms with Crippen LogP contribution in [0.5, 0.6) is 0 Å². The largest absolute Gasteiger partial charge is 0.381 e. The molecule has 1 aromatic heterocycles. The third kappa shape index (κ3) is 4.46. The maximum absolute atomic E-state index is 12.3. The number of hydrogen-bond donors (Lipinski definition) is 2. The first-order valence-corrected chi connectivity index (χ1v) is 9.33. The summed E-state index contributed by atoms with van der Waals surface area (Å²) < 4.78 is 4.24. The van der Waals surface area contributed by atoms with Crippen molar-refractivity contribution in [3.8, 4) is 0 Å². The Morgan fingerprint density at radius 1 is 1.12 bits per heavy atom. The molecule has 3 aromatic rings. The van der Waals surface area contributed by atoms with Crippen molar-refractivity contribution in [3.63, 3.8) is 0 Å². The van der Waals surface area contributed by atoms with E-state index < -0.39 is 0 Å². The maximum Gasteiger partial charge on any atom is 0.257 e. The Balaban J connectivity index is 1.59. The van der Waals surface area contributed by atoms with Gasteiger partial charge in [-0.25, -0.2) is 4.98 Å². The van der Waals surface area contributed by atoms with Gasteiger partial charge in [0.2, 0.25) is 5.13 Å². The van der Waals surface area contributed by atoms with Gasteiger partial charge in [0, 0.05) is 35.2 Å². The van der Waals surface area contributed by atoms with Crippen LogP contribution in [0, 0.1) is 6.92 Å². The van der Waals surface area contributed by atoms with Crippen LogP contribution < -0.4 is 10.6 Å². The van der Waals surface area contributed by atoms with Crippen LogP contribution in [0.1, 0.15) is 47.1 Å². The molecule has 0 unspecified atom stereocenters. The van der Waals surface area contributed by atoms with Crippen LogP contribution in [0.25, 0.3) is 0 Å². The van der Waals surface area contributed by atoms with E-state index >= 15 is 0 Å². The van der Waals surface area contributed by atoms with E-state index in [1.165, 1.54) is 17.1 Å². The number of para-hydroxylation sites is 1. The lowest BCUT2D eigenvalue weighted by molar-refractivity contribution is 0.102. The van der Waals surface area contributed by atoms with Gasteiger partial charge in [0.25, 0.3) is 5.91 Å². The van der Waals surface area contributed by atoms with Crippen LogP contribution in [-0.4, -0.2) is 15.3 Å². The van der Waals surface area contributed by atoms with E-state index in [0.29, 0.717) is 17.2 Å². The third-order valence-electron chi connectivity index (χ3n) is 4.02. The normalized spacial score (nSPS) is 10.8. The molecule has 1 heterocycles. The van der Waals surface area contributed by atoms with Crippen molar-refractivity contribution in [3.05, 3.63) is 71.0 Å². The molecule has 3 rings (SSSR count). The molecule has 0 aliphatic rings. The summed E-state index contributed by atoms with van der Waals surface area (Å²) in [7, 11) is 0. The predicted octanol–water partition coefficient (Wildman–Crippen LogP) is 4.83. The van der Waals surface area contributed by atoms with Crippen molar-refractivity contribution in [1.82, 2.24) is 9.36 Å². The van der Waals surface area contributed by atoms with Crippen LogP contribution in [0.15, 0.2) is 48.5 Å². The summed E-state index contributed by atoms with van der Waals surface area (Å²) in [5.74, 6) is 0.828. The van der Waals surface area contributed by atoms with Crippen LogP contribution in [0.4, 0.5) is 10.8 Å². The van der Waals surface area contributed by atoms with E-state index in [1.54, 1.807) is 0 Å². The van der Waals surface area contributed by atoms with Crippen molar-refractivity contribution in [2.45, 2.75) is 33.2 Å². The quantitative estimate of drug-likeness (QED) is 0.655. The molecule has 1 amide bonds. The summed E-state index contributed by atoms with van der Waals surface area (Å²) in [6, 6.07) is 15.7. The standard InChI is InChI=1S/C20H22N4OS/c1-13(2)18-22-20(26-24-18)23-19(25)16-10-8-15(9-11-16)12-21-17-7-5-4-6-14(17)3/h4-11,13,21H,12H2,1-3H3,(H,22,23,24,25). The van der Waals surface area contributed by atoms with Gasteiger partial charge in [0.05, 0.1) is 0 Å². The molecule has 5 nitrogen and oxygen atoms in total. The highest BCUT2D eigenvalue weighted by molar-refractivity contribution is 7.09. The van der Waals surface area contributed by atoms with E-state index in [2.05, 4.69) is 39.0 Å². The van der Waals surface area contributed by atoms with Gasteiger partial charge in [0.15, 0.2) is 0 Å². The molecule has 0 radical (unpaired) electrons. The summed E-state index contributed by atoms with van der Waals surface area (Å²) >= 11 is 1.21. The zero-order valence-corrected chi connectivity index (χ0v) is 15.9. The van der Waals surface area contributed by atoms with Gasteiger partial charge in [-0.3, -0.25) is 10.1 Å². The molecular weight excluding hydrogens is 344 g/mol. The van der Waals surface area contributed by atoms with Crippen LogP contribution in [0.3, 0.4) is 0 Å². The molecule has 26 heavy (non-hydrogen) atoms. The fraction of sp³-hybridized carbons (Fsp3) is 0.250. The van der Waals surface area contributed by atoms with E-state index in [4.69, 9.17) is 0 Å². The first-order valence-electron chi connectivity index (χ1n) is 8.56. The number of aromatic nitrogens is 2. The summed E-state index contributed by atoms with van der Waals surface area (Å²) in [5.41, 5.74) is 4.04. The number of benzene rings is 2. The molecular formula is C20H22N4OS. The molecule has 0 spiro atoms. The van der Waals surface area contributed by atoms with Crippen molar-refractivity contribution in [2.75, 3.05) is 10.6 Å². The van der Waals surface area contributed by atoms with Gasteiger partial charge in [-0.1, -0.05) is 44.2 Å². The highest BCUT2D eigenvalue weighted by Crippen LogP contribution is 2.19. The van der Waals surface area contributed by atoms with Crippen LogP contribution in [-0.2, 0) is 6.54 Å². The van der Waals surface area contributed by atoms with Gasteiger partial charge in [-0.05, 0) is 36.2 Å². The van der Waals surface area contributed by atoms with E-state index in [9.17, 15) is 4.79 Å². The second-order valence-electron chi connectivity index (χ2n) is 6.43. The number of carbonyl (C=O) groups is 1. The summed E-state index contributed by atoms with van der Waals surface area (Å²) in [6.07, 6.45) is 0. The average Bonchev–Trinajstić information content (AvgIpc) is 3.10. The summed E-state index contributed by atoms with van der Waals surface area (Å²) in [5, 5.41) is 6.75. The molecule has 0 aliphatic heterocycles. The average molecular weight is 366 g/mol. The lowest BCUT2D eigenvalue weighted by Gasteiger charge is -2.09. The van der Waals surface area contributed by atoms with Crippen LogP contribution in [0.2, 0.25) is 0 Å². The van der Waals surface area contributed by atoms with Gasteiger partial charge in [0.1, 0.15) is 5.82 Å². The molecule has 6 heteroatoms. The molecule has 2 N–H and O–H groups in total. The minimum Gasteiger partial charge on any atom is -0.381 e. The Morgan fingerprint density at radius 2 is 1.85 bits per heavy atom. The van der Waals surface area contributed by atoms with E-state index in [-0.39, 0.29) is 11.8 Å². The zero-order valence-electron chi connectivity index (χ0n) is 15.1. The number of aryl methyl sites for hydroxylation is 1. The van der Waals surface area contributed by atoms with Crippen molar-refractivity contribution >= 4 is 28.3 Å². The Kier molecular flexibility index (Phi) is 5.63.